The number of hydrogen-bond donors (Lipinski definition) is 1. The van der Waals surface area contributed by atoms with Gasteiger partial charge in [-0.1, -0.05) is 22.0 Å². The first-order valence-electron chi connectivity index (χ1n) is 9.68. The Balaban J connectivity index is 2.08. The number of aliphatic carboxylic acids is 1. The van der Waals surface area contributed by atoms with E-state index in [1.54, 1.807) is 6.07 Å². The van der Waals surface area contributed by atoms with Crippen LogP contribution in [0.4, 0.5) is 18.9 Å². The van der Waals surface area contributed by atoms with Crippen molar-refractivity contribution in [1.82, 2.24) is 0 Å². The lowest BCUT2D eigenvalue weighted by Crippen LogP contribution is -2.48. The number of benzene rings is 2. The summed E-state index contributed by atoms with van der Waals surface area (Å²) in [5.74, 6) is -2.51. The van der Waals surface area contributed by atoms with Crippen LogP contribution in [0.25, 0.3) is 0 Å². The molecule has 1 heterocycles. The van der Waals surface area contributed by atoms with Crippen LogP contribution < -0.4 is 9.04 Å². The minimum atomic E-state index is -4.76. The summed E-state index contributed by atoms with van der Waals surface area (Å²) in [6.07, 6.45) is -6.35. The van der Waals surface area contributed by atoms with Gasteiger partial charge in [-0.15, -0.1) is 0 Å². The van der Waals surface area contributed by atoms with Crippen molar-refractivity contribution in [3.8, 4) is 5.75 Å². The van der Waals surface area contributed by atoms with E-state index in [0.717, 1.165) is 36.5 Å². The van der Waals surface area contributed by atoms with Crippen molar-refractivity contribution in [1.29, 1.82) is 0 Å². The predicted molar refractivity (Wildman–Crippen MR) is 117 cm³/mol. The summed E-state index contributed by atoms with van der Waals surface area (Å²) >= 11 is 3.23. The maximum absolute atomic E-state index is 13.5. The van der Waals surface area contributed by atoms with E-state index in [1.165, 1.54) is 12.1 Å². The Morgan fingerprint density at radius 1 is 1.24 bits per heavy atom. The largest absolute Gasteiger partial charge is 0.486 e. The molecule has 1 N–H and O–H groups in total. The molecule has 2 aromatic carbocycles. The highest BCUT2D eigenvalue weighted by Gasteiger charge is 2.47. The normalized spacial score (nSPS) is 17.8. The number of carbonyl (C=O) groups is 2. The molecular formula is C21H19BrF3NO7S. The van der Waals surface area contributed by atoms with Crippen molar-refractivity contribution in [3.05, 3.63) is 52.5 Å². The van der Waals surface area contributed by atoms with Crippen molar-refractivity contribution >= 4 is 43.6 Å². The number of methoxy groups -OCH3 is 1. The summed E-state index contributed by atoms with van der Waals surface area (Å²) < 4.78 is 78.2. The maximum atomic E-state index is 13.5. The molecule has 0 amide bonds. The summed E-state index contributed by atoms with van der Waals surface area (Å²) in [5, 5.41) is 9.61. The van der Waals surface area contributed by atoms with Gasteiger partial charge in [0.15, 0.2) is 5.41 Å². The van der Waals surface area contributed by atoms with Gasteiger partial charge in [-0.3, -0.25) is 13.9 Å². The second kappa shape index (κ2) is 9.10. The standard InChI is InChI=1S/C21H19BrF3NO7S/c1-20(18(27)28,19(29)32-2)10-14-11-26(16-9-13(22)6-7-17(16)33-14)34(30,31)15-5-3-4-12(8-15)21(23,24)25/h3-9,14H,10-11H2,1-2H3,(H,27,28). The molecule has 34 heavy (non-hydrogen) atoms. The van der Waals surface area contributed by atoms with E-state index in [2.05, 4.69) is 20.7 Å². The summed E-state index contributed by atoms with van der Waals surface area (Å²) in [7, 11) is -3.52. The van der Waals surface area contributed by atoms with E-state index in [4.69, 9.17) is 4.74 Å². The predicted octanol–water partition coefficient (Wildman–Crippen LogP) is 4.08. The molecular weight excluding hydrogens is 547 g/mol. The van der Waals surface area contributed by atoms with Gasteiger partial charge in [0.25, 0.3) is 10.0 Å². The first-order valence-corrected chi connectivity index (χ1v) is 11.9. The van der Waals surface area contributed by atoms with Crippen LogP contribution in [-0.4, -0.2) is 45.2 Å². The summed E-state index contributed by atoms with van der Waals surface area (Å²) in [5.41, 5.74) is -3.16. The van der Waals surface area contributed by atoms with Crippen LogP contribution in [0.15, 0.2) is 51.8 Å². The minimum Gasteiger partial charge on any atom is -0.486 e. The van der Waals surface area contributed by atoms with E-state index in [0.29, 0.717) is 10.5 Å². The molecule has 0 fully saturated rings. The number of nitrogens with zero attached hydrogens (tertiary/aromatic N) is 1. The van der Waals surface area contributed by atoms with Crippen LogP contribution in [0.5, 0.6) is 5.75 Å². The van der Waals surface area contributed by atoms with Crippen LogP contribution in [-0.2, 0) is 30.5 Å². The van der Waals surface area contributed by atoms with Gasteiger partial charge < -0.3 is 14.6 Å². The first-order chi connectivity index (χ1) is 15.7. The summed E-state index contributed by atoms with van der Waals surface area (Å²) in [6, 6.07) is 7.67. The molecule has 0 aliphatic carbocycles. The molecule has 0 saturated heterocycles. The molecule has 13 heteroatoms. The van der Waals surface area contributed by atoms with Gasteiger partial charge in [0.1, 0.15) is 11.9 Å². The second-order valence-electron chi connectivity index (χ2n) is 7.75. The average Bonchev–Trinajstić information content (AvgIpc) is 2.77. The average molecular weight is 566 g/mol. The molecule has 2 atom stereocenters. The number of anilines is 1. The molecule has 3 rings (SSSR count). The molecule has 0 spiro atoms. The van der Waals surface area contributed by atoms with Crippen molar-refractivity contribution in [3.63, 3.8) is 0 Å². The lowest BCUT2D eigenvalue weighted by Gasteiger charge is -2.37. The van der Waals surface area contributed by atoms with Crippen LogP contribution in [0, 0.1) is 5.41 Å². The fourth-order valence-electron chi connectivity index (χ4n) is 3.52. The van der Waals surface area contributed by atoms with Gasteiger partial charge in [-0.25, -0.2) is 8.42 Å². The van der Waals surface area contributed by atoms with Gasteiger partial charge in [-0.05, 0) is 43.3 Å². The number of alkyl halides is 3. The van der Waals surface area contributed by atoms with E-state index < -0.39 is 63.1 Å². The maximum Gasteiger partial charge on any atom is 0.416 e. The number of hydrogen-bond acceptors (Lipinski definition) is 6. The number of carboxylic acid groups (broad SMARTS) is 1. The number of halogens is 4. The van der Waals surface area contributed by atoms with Crippen molar-refractivity contribution in [2.24, 2.45) is 5.41 Å². The number of rotatable bonds is 6. The lowest BCUT2D eigenvalue weighted by atomic mass is 9.84. The van der Waals surface area contributed by atoms with E-state index in [9.17, 15) is 36.3 Å². The zero-order valence-corrected chi connectivity index (χ0v) is 20.2. The third-order valence-electron chi connectivity index (χ3n) is 5.35. The number of esters is 1. The molecule has 8 nitrogen and oxygen atoms in total. The molecule has 0 saturated carbocycles. The second-order valence-corrected chi connectivity index (χ2v) is 10.5. The molecule has 0 radical (unpaired) electrons. The van der Waals surface area contributed by atoms with Crippen molar-refractivity contribution in [2.75, 3.05) is 18.0 Å². The van der Waals surface area contributed by atoms with Crippen molar-refractivity contribution in [2.45, 2.75) is 30.5 Å². The van der Waals surface area contributed by atoms with Crippen LogP contribution >= 0.6 is 15.9 Å². The summed E-state index contributed by atoms with van der Waals surface area (Å²) in [4.78, 5) is 23.4. The number of carboxylic acids is 1. The molecule has 2 aromatic rings. The Morgan fingerprint density at radius 3 is 2.50 bits per heavy atom. The molecule has 2 unspecified atom stereocenters. The Morgan fingerprint density at radius 2 is 1.91 bits per heavy atom. The number of sulfonamides is 1. The number of fused-ring (bicyclic) bond motifs is 1. The van der Waals surface area contributed by atoms with Crippen LogP contribution in [0.3, 0.4) is 0 Å². The molecule has 1 aliphatic rings. The minimum absolute atomic E-state index is 0.0399. The van der Waals surface area contributed by atoms with Gasteiger partial charge in [0, 0.05) is 10.9 Å². The highest BCUT2D eigenvalue weighted by molar-refractivity contribution is 9.10. The zero-order valence-electron chi connectivity index (χ0n) is 17.8. The van der Waals surface area contributed by atoms with Gasteiger partial charge in [-0.2, -0.15) is 13.2 Å². The first kappa shape index (κ1) is 25.8. The fourth-order valence-corrected chi connectivity index (χ4v) is 5.41. The Kier molecular flexibility index (Phi) is 6.91. The highest BCUT2D eigenvalue weighted by atomic mass is 79.9. The Labute approximate surface area is 201 Å². The zero-order chi connectivity index (χ0) is 25.5. The molecule has 184 valence electrons. The molecule has 0 bridgehead atoms. The van der Waals surface area contributed by atoms with Crippen LogP contribution in [0.1, 0.15) is 18.9 Å². The third-order valence-corrected chi connectivity index (χ3v) is 7.61. The topological polar surface area (TPSA) is 110 Å². The Bertz CT molecular complexity index is 1240. The van der Waals surface area contributed by atoms with E-state index in [1.807, 2.05) is 0 Å². The third kappa shape index (κ3) is 4.85. The van der Waals surface area contributed by atoms with Gasteiger partial charge >= 0.3 is 18.1 Å². The summed E-state index contributed by atoms with van der Waals surface area (Å²) in [6.45, 7) is 0.662. The lowest BCUT2D eigenvalue weighted by molar-refractivity contribution is -0.167. The van der Waals surface area contributed by atoms with E-state index in [-0.39, 0.29) is 11.4 Å². The number of ether oxygens (including phenoxy) is 2. The van der Waals surface area contributed by atoms with Crippen LogP contribution in [0.2, 0.25) is 0 Å². The molecule has 1 aliphatic heterocycles. The number of carbonyl (C=O) groups excluding carboxylic acids is 1. The van der Waals surface area contributed by atoms with E-state index >= 15 is 0 Å². The van der Waals surface area contributed by atoms with Gasteiger partial charge in [0.2, 0.25) is 0 Å². The molecule has 0 aromatic heterocycles. The SMILES string of the molecule is COC(=O)C(C)(CC1CN(S(=O)(=O)c2cccc(C(F)(F)F)c2)c2cc(Br)ccc2O1)C(=O)O. The fraction of sp³-hybridized carbons (Fsp3) is 0.333. The van der Waals surface area contributed by atoms with Crippen molar-refractivity contribution < 1.29 is 45.8 Å². The monoisotopic (exact) mass is 565 g/mol. The quantitative estimate of drug-likeness (QED) is 0.415. The smallest absolute Gasteiger partial charge is 0.416 e. The highest BCUT2D eigenvalue weighted by Crippen LogP contribution is 2.41. The Hall–Kier alpha value is -2.80. The van der Waals surface area contributed by atoms with Gasteiger partial charge in [0.05, 0.1) is 29.8 Å².